The van der Waals surface area contributed by atoms with Gasteiger partial charge in [-0.05, 0) is 37.3 Å². The highest BCUT2D eigenvalue weighted by molar-refractivity contribution is 6.34. The van der Waals surface area contributed by atoms with Crippen LogP contribution in [0.15, 0.2) is 36.5 Å². The third-order valence-corrected chi connectivity index (χ3v) is 2.74. The number of aliphatic hydroxyl groups excluding tert-OH is 1. The van der Waals surface area contributed by atoms with E-state index in [1.54, 1.807) is 43.5 Å². The van der Waals surface area contributed by atoms with E-state index in [2.05, 4.69) is 4.98 Å². The number of nitrogens with zero attached hydrogens (tertiary/aromatic N) is 1. The number of hydrogen-bond donors (Lipinski definition) is 1. The Kier molecular flexibility index (Phi) is 4.07. The smallest absolute Gasteiger partial charge is 0.225 e. The van der Waals surface area contributed by atoms with E-state index >= 15 is 0 Å². The second kappa shape index (κ2) is 5.57. The van der Waals surface area contributed by atoms with Gasteiger partial charge in [-0.15, -0.1) is 0 Å². The predicted molar refractivity (Wildman–Crippen MR) is 71.4 cm³/mol. The van der Waals surface area contributed by atoms with Gasteiger partial charge < -0.3 is 9.84 Å². The minimum absolute atomic E-state index is 0.339. The van der Waals surface area contributed by atoms with Crippen molar-refractivity contribution in [1.82, 2.24) is 4.98 Å². The molecule has 0 saturated heterocycles. The highest BCUT2D eigenvalue weighted by atomic mass is 35.5. The lowest BCUT2D eigenvalue weighted by molar-refractivity contribution is 0.194. The van der Waals surface area contributed by atoms with Crippen LogP contribution >= 0.6 is 23.2 Å². The molecular weight excluding hydrogens is 273 g/mol. The topological polar surface area (TPSA) is 42.4 Å². The van der Waals surface area contributed by atoms with Crippen LogP contribution in [0.1, 0.15) is 18.6 Å². The molecule has 0 amide bonds. The summed E-state index contributed by atoms with van der Waals surface area (Å²) in [6, 6.07) is 8.37. The van der Waals surface area contributed by atoms with Gasteiger partial charge in [0, 0.05) is 21.8 Å². The molecule has 0 saturated carbocycles. The molecule has 1 atom stereocenters. The molecule has 0 unspecified atom stereocenters. The van der Waals surface area contributed by atoms with Crippen molar-refractivity contribution in [2.24, 2.45) is 0 Å². The van der Waals surface area contributed by atoms with Gasteiger partial charge in [0.1, 0.15) is 5.75 Å². The maximum Gasteiger partial charge on any atom is 0.225 e. The summed E-state index contributed by atoms with van der Waals surface area (Å²) in [6.07, 6.45) is 0.927. The third-order valence-electron chi connectivity index (χ3n) is 2.30. The standard InChI is InChI=1S/C13H11Cl2NO2/c1-8(17)12-3-2-4-16-13(12)18-11-6-9(14)5-10(15)7-11/h2-8,17H,1H3/t8-/m0/s1. The SMILES string of the molecule is C[C@H](O)c1cccnc1Oc1cc(Cl)cc(Cl)c1. The molecule has 1 heterocycles. The highest BCUT2D eigenvalue weighted by Gasteiger charge is 2.11. The van der Waals surface area contributed by atoms with Crippen LogP contribution in [0.5, 0.6) is 11.6 Å². The molecule has 0 aliphatic heterocycles. The molecule has 0 spiro atoms. The van der Waals surface area contributed by atoms with Crippen molar-refractivity contribution in [2.75, 3.05) is 0 Å². The summed E-state index contributed by atoms with van der Waals surface area (Å²) in [6.45, 7) is 1.65. The van der Waals surface area contributed by atoms with E-state index in [-0.39, 0.29) is 0 Å². The van der Waals surface area contributed by atoms with E-state index in [1.165, 1.54) is 0 Å². The Morgan fingerprint density at radius 2 is 1.89 bits per heavy atom. The molecule has 1 aromatic heterocycles. The fraction of sp³-hybridized carbons (Fsp3) is 0.154. The number of hydrogen-bond acceptors (Lipinski definition) is 3. The number of rotatable bonds is 3. The van der Waals surface area contributed by atoms with Crippen LogP contribution in [-0.4, -0.2) is 10.1 Å². The van der Waals surface area contributed by atoms with Gasteiger partial charge in [-0.1, -0.05) is 23.2 Å². The van der Waals surface area contributed by atoms with Crippen molar-refractivity contribution in [1.29, 1.82) is 0 Å². The first kappa shape index (κ1) is 13.1. The molecule has 5 heteroatoms. The van der Waals surface area contributed by atoms with Crippen LogP contribution in [0.3, 0.4) is 0 Å². The summed E-state index contributed by atoms with van der Waals surface area (Å²) in [5.41, 5.74) is 0.605. The minimum Gasteiger partial charge on any atom is -0.439 e. The summed E-state index contributed by atoms with van der Waals surface area (Å²) in [5.74, 6) is 0.818. The molecule has 2 rings (SSSR count). The molecule has 2 aromatic rings. The lowest BCUT2D eigenvalue weighted by Crippen LogP contribution is -1.98. The summed E-state index contributed by atoms with van der Waals surface area (Å²) in [4.78, 5) is 4.09. The average molecular weight is 284 g/mol. The zero-order valence-electron chi connectivity index (χ0n) is 9.60. The Bertz CT molecular complexity index is 538. The summed E-state index contributed by atoms with van der Waals surface area (Å²) < 4.78 is 5.59. The highest BCUT2D eigenvalue weighted by Crippen LogP contribution is 2.30. The van der Waals surface area contributed by atoms with E-state index in [1.807, 2.05) is 0 Å². The predicted octanol–water partition coefficient (Wildman–Crippen LogP) is 4.23. The zero-order chi connectivity index (χ0) is 13.1. The molecule has 0 fully saturated rings. The molecular formula is C13H11Cl2NO2. The van der Waals surface area contributed by atoms with Crippen LogP contribution in [0.2, 0.25) is 10.0 Å². The van der Waals surface area contributed by atoms with E-state index in [0.29, 0.717) is 27.2 Å². The number of benzene rings is 1. The van der Waals surface area contributed by atoms with Gasteiger partial charge in [-0.2, -0.15) is 0 Å². The van der Waals surface area contributed by atoms with Gasteiger partial charge in [-0.25, -0.2) is 4.98 Å². The lowest BCUT2D eigenvalue weighted by atomic mass is 10.2. The van der Waals surface area contributed by atoms with Crippen molar-refractivity contribution in [3.63, 3.8) is 0 Å². The molecule has 0 aliphatic rings. The number of halogens is 2. The molecule has 3 nitrogen and oxygen atoms in total. The Hall–Kier alpha value is -1.29. The molecule has 18 heavy (non-hydrogen) atoms. The Morgan fingerprint density at radius 1 is 1.22 bits per heavy atom. The Balaban J connectivity index is 2.34. The van der Waals surface area contributed by atoms with E-state index < -0.39 is 6.10 Å². The Labute approximate surface area is 115 Å². The second-order valence-electron chi connectivity index (χ2n) is 3.78. The van der Waals surface area contributed by atoms with Crippen LogP contribution in [-0.2, 0) is 0 Å². The number of pyridine rings is 1. The fourth-order valence-corrected chi connectivity index (χ4v) is 2.01. The van der Waals surface area contributed by atoms with Crippen molar-refractivity contribution in [3.8, 4) is 11.6 Å². The zero-order valence-corrected chi connectivity index (χ0v) is 11.1. The van der Waals surface area contributed by atoms with Gasteiger partial charge in [0.25, 0.3) is 0 Å². The largest absolute Gasteiger partial charge is 0.439 e. The normalized spacial score (nSPS) is 12.2. The number of aliphatic hydroxyl groups is 1. The molecule has 0 aliphatic carbocycles. The van der Waals surface area contributed by atoms with Crippen LogP contribution in [0.4, 0.5) is 0 Å². The number of ether oxygens (including phenoxy) is 1. The van der Waals surface area contributed by atoms with Crippen molar-refractivity contribution in [3.05, 3.63) is 52.1 Å². The van der Waals surface area contributed by atoms with Gasteiger partial charge in [0.15, 0.2) is 0 Å². The van der Waals surface area contributed by atoms with Gasteiger partial charge in [-0.3, -0.25) is 0 Å². The molecule has 1 N–H and O–H groups in total. The Morgan fingerprint density at radius 3 is 2.50 bits per heavy atom. The van der Waals surface area contributed by atoms with E-state index in [9.17, 15) is 5.11 Å². The van der Waals surface area contributed by atoms with Crippen LogP contribution < -0.4 is 4.74 Å². The molecule has 1 aromatic carbocycles. The van der Waals surface area contributed by atoms with Crippen LogP contribution in [0, 0.1) is 0 Å². The summed E-state index contributed by atoms with van der Waals surface area (Å²) in [5, 5.41) is 10.6. The lowest BCUT2D eigenvalue weighted by Gasteiger charge is -2.11. The monoisotopic (exact) mass is 283 g/mol. The van der Waals surface area contributed by atoms with Gasteiger partial charge >= 0.3 is 0 Å². The minimum atomic E-state index is -0.664. The van der Waals surface area contributed by atoms with Gasteiger partial charge in [0.2, 0.25) is 5.88 Å². The van der Waals surface area contributed by atoms with Crippen molar-refractivity contribution >= 4 is 23.2 Å². The number of aromatic nitrogens is 1. The van der Waals surface area contributed by atoms with Crippen LogP contribution in [0.25, 0.3) is 0 Å². The van der Waals surface area contributed by atoms with E-state index in [0.717, 1.165) is 0 Å². The molecule has 94 valence electrons. The molecule has 0 radical (unpaired) electrons. The molecule has 0 bridgehead atoms. The summed E-state index contributed by atoms with van der Waals surface area (Å²) in [7, 11) is 0. The van der Waals surface area contributed by atoms with Crippen molar-refractivity contribution < 1.29 is 9.84 Å². The van der Waals surface area contributed by atoms with Crippen molar-refractivity contribution in [2.45, 2.75) is 13.0 Å². The third kappa shape index (κ3) is 3.13. The maximum atomic E-state index is 9.62. The fourth-order valence-electron chi connectivity index (χ4n) is 1.51. The average Bonchev–Trinajstić information content (AvgIpc) is 2.27. The first-order valence-electron chi connectivity index (χ1n) is 5.33. The quantitative estimate of drug-likeness (QED) is 0.916. The first-order valence-corrected chi connectivity index (χ1v) is 6.09. The first-order chi connectivity index (χ1) is 8.56. The van der Waals surface area contributed by atoms with E-state index in [4.69, 9.17) is 27.9 Å². The summed E-state index contributed by atoms with van der Waals surface area (Å²) >= 11 is 11.8. The second-order valence-corrected chi connectivity index (χ2v) is 4.65. The van der Waals surface area contributed by atoms with Gasteiger partial charge in [0.05, 0.1) is 6.10 Å². The maximum absolute atomic E-state index is 9.62.